The van der Waals surface area contributed by atoms with E-state index in [4.69, 9.17) is 9.47 Å². The van der Waals surface area contributed by atoms with Crippen molar-refractivity contribution >= 4 is 5.78 Å². The molecule has 0 aromatic carbocycles. The van der Waals surface area contributed by atoms with E-state index < -0.39 is 0 Å². The second-order valence-electron chi connectivity index (χ2n) is 3.71. The second kappa shape index (κ2) is 3.60. The molecule has 2 aliphatic rings. The molecule has 0 saturated heterocycles. The van der Waals surface area contributed by atoms with Gasteiger partial charge in [-0.25, -0.2) is 0 Å². The zero-order valence-electron chi connectivity index (χ0n) is 7.73. The maximum Gasteiger partial charge on any atom is 0.158 e. The van der Waals surface area contributed by atoms with Crippen molar-refractivity contribution < 1.29 is 14.3 Å². The van der Waals surface area contributed by atoms with E-state index in [0.717, 1.165) is 12.8 Å². The summed E-state index contributed by atoms with van der Waals surface area (Å²) in [6.45, 7) is 0.329. The van der Waals surface area contributed by atoms with E-state index in [0.29, 0.717) is 12.7 Å². The number of ether oxygens (including phenoxy) is 2. The number of allylic oxidation sites excluding steroid dienone is 1. The highest BCUT2D eigenvalue weighted by Crippen LogP contribution is 2.38. The highest BCUT2D eigenvalue weighted by Gasteiger charge is 2.39. The molecular weight excluding hydrogens is 168 g/mol. The first-order chi connectivity index (χ1) is 6.31. The van der Waals surface area contributed by atoms with Gasteiger partial charge < -0.3 is 9.47 Å². The quantitative estimate of drug-likeness (QED) is 0.614. The van der Waals surface area contributed by atoms with Gasteiger partial charge >= 0.3 is 0 Å². The maximum absolute atomic E-state index is 11.3. The van der Waals surface area contributed by atoms with Crippen LogP contribution in [0.2, 0.25) is 0 Å². The molecule has 0 unspecified atom stereocenters. The van der Waals surface area contributed by atoms with Crippen molar-refractivity contribution in [1.29, 1.82) is 0 Å². The minimum absolute atomic E-state index is 0.188. The van der Waals surface area contributed by atoms with E-state index in [1.807, 2.05) is 6.08 Å². The van der Waals surface area contributed by atoms with E-state index in [1.54, 1.807) is 13.2 Å². The topological polar surface area (TPSA) is 35.5 Å². The van der Waals surface area contributed by atoms with E-state index in [-0.39, 0.29) is 17.8 Å². The van der Waals surface area contributed by atoms with Gasteiger partial charge in [-0.3, -0.25) is 4.79 Å². The Hall–Kier alpha value is -0.670. The first kappa shape index (κ1) is 8.91. The number of hydrogen-bond acceptors (Lipinski definition) is 3. The van der Waals surface area contributed by atoms with Gasteiger partial charge in [0.15, 0.2) is 5.78 Å². The van der Waals surface area contributed by atoms with Crippen molar-refractivity contribution in [3.63, 3.8) is 0 Å². The summed E-state index contributed by atoms with van der Waals surface area (Å²) in [5.41, 5.74) is 0. The van der Waals surface area contributed by atoms with Crippen LogP contribution in [0.3, 0.4) is 0 Å². The zero-order chi connectivity index (χ0) is 9.26. The lowest BCUT2D eigenvalue weighted by molar-refractivity contribution is -0.118. The third-order valence-corrected chi connectivity index (χ3v) is 2.86. The van der Waals surface area contributed by atoms with Gasteiger partial charge in [-0.1, -0.05) is 6.08 Å². The lowest BCUT2D eigenvalue weighted by Gasteiger charge is -2.16. The first-order valence-corrected chi connectivity index (χ1v) is 4.64. The Kier molecular flexibility index (Phi) is 2.47. The van der Waals surface area contributed by atoms with Crippen LogP contribution >= 0.6 is 0 Å². The van der Waals surface area contributed by atoms with E-state index in [1.165, 1.54) is 0 Å². The number of ketones is 1. The fourth-order valence-electron chi connectivity index (χ4n) is 2.17. The van der Waals surface area contributed by atoms with Gasteiger partial charge in [0.1, 0.15) is 6.79 Å². The van der Waals surface area contributed by atoms with Crippen LogP contribution in [0.1, 0.15) is 12.8 Å². The third-order valence-electron chi connectivity index (χ3n) is 2.86. The molecule has 1 saturated carbocycles. The Morgan fingerprint density at radius 2 is 2.38 bits per heavy atom. The second-order valence-corrected chi connectivity index (χ2v) is 3.71. The molecule has 3 nitrogen and oxygen atoms in total. The lowest BCUT2D eigenvalue weighted by Crippen LogP contribution is -2.17. The summed E-state index contributed by atoms with van der Waals surface area (Å²) in [5, 5.41) is 0. The summed E-state index contributed by atoms with van der Waals surface area (Å²) in [5.74, 6) is 0.898. The van der Waals surface area contributed by atoms with Crippen LogP contribution < -0.4 is 0 Å². The molecule has 0 aromatic rings. The maximum atomic E-state index is 11.3. The first-order valence-electron chi connectivity index (χ1n) is 4.64. The molecule has 0 N–H and O–H groups in total. The van der Waals surface area contributed by atoms with Crippen molar-refractivity contribution in [2.45, 2.75) is 18.9 Å². The molecule has 2 aliphatic carbocycles. The SMILES string of the molecule is COCO[C@@H]1C[C@H]2C[C@@H]1C=CC2=O. The molecule has 0 aliphatic heterocycles. The molecule has 13 heavy (non-hydrogen) atoms. The Bertz CT molecular complexity index is 234. The molecule has 72 valence electrons. The monoisotopic (exact) mass is 182 g/mol. The van der Waals surface area contributed by atoms with Crippen molar-refractivity contribution in [1.82, 2.24) is 0 Å². The molecule has 2 bridgehead atoms. The van der Waals surface area contributed by atoms with E-state index in [9.17, 15) is 4.79 Å². The van der Waals surface area contributed by atoms with Gasteiger partial charge in [0.25, 0.3) is 0 Å². The predicted octanol–water partition coefficient (Wildman–Crippen LogP) is 1.14. The van der Waals surface area contributed by atoms with Crippen LogP contribution in [0.25, 0.3) is 0 Å². The van der Waals surface area contributed by atoms with Gasteiger partial charge in [0.2, 0.25) is 0 Å². The van der Waals surface area contributed by atoms with E-state index >= 15 is 0 Å². The predicted molar refractivity (Wildman–Crippen MR) is 47.1 cm³/mol. The number of methoxy groups -OCH3 is 1. The standard InChI is InChI=1S/C10H14O3/c1-12-6-13-10-5-8-4-7(10)2-3-9(8)11/h2-3,7-8,10H,4-6H2,1H3/t7-,8+,10+/m0/s1. The average molecular weight is 182 g/mol. The lowest BCUT2D eigenvalue weighted by atomic mass is 9.94. The highest BCUT2D eigenvalue weighted by molar-refractivity contribution is 5.93. The highest BCUT2D eigenvalue weighted by atomic mass is 16.7. The Labute approximate surface area is 77.7 Å². The summed E-state index contributed by atoms with van der Waals surface area (Å²) < 4.78 is 10.3. The molecule has 0 spiro atoms. The molecule has 0 heterocycles. The number of carbonyl (C=O) groups excluding carboxylic acids is 1. The van der Waals surface area contributed by atoms with Crippen molar-refractivity contribution in [2.75, 3.05) is 13.9 Å². The average Bonchev–Trinajstić information content (AvgIpc) is 2.48. The Morgan fingerprint density at radius 1 is 1.54 bits per heavy atom. The molecular formula is C10H14O3. The van der Waals surface area contributed by atoms with Crippen molar-refractivity contribution in [3.8, 4) is 0 Å². The Balaban J connectivity index is 1.96. The summed E-state index contributed by atoms with van der Waals surface area (Å²) >= 11 is 0. The number of fused-ring (bicyclic) bond motifs is 2. The van der Waals surface area contributed by atoms with Crippen molar-refractivity contribution in [2.24, 2.45) is 11.8 Å². The normalized spacial score (nSPS) is 37.0. The van der Waals surface area contributed by atoms with Crippen LogP contribution in [0, 0.1) is 11.8 Å². The van der Waals surface area contributed by atoms with Gasteiger partial charge in [0.05, 0.1) is 6.10 Å². The zero-order valence-corrected chi connectivity index (χ0v) is 7.73. The van der Waals surface area contributed by atoms with Crippen LogP contribution in [0.5, 0.6) is 0 Å². The van der Waals surface area contributed by atoms with Crippen LogP contribution in [0.15, 0.2) is 12.2 Å². The van der Waals surface area contributed by atoms with Gasteiger partial charge in [0, 0.05) is 18.9 Å². The Morgan fingerprint density at radius 3 is 3.08 bits per heavy atom. The molecule has 0 radical (unpaired) electrons. The van der Waals surface area contributed by atoms with Gasteiger partial charge in [-0.05, 0) is 18.9 Å². The minimum Gasteiger partial charge on any atom is -0.359 e. The number of hydrogen-bond donors (Lipinski definition) is 0. The number of rotatable bonds is 3. The van der Waals surface area contributed by atoms with Crippen molar-refractivity contribution in [3.05, 3.63) is 12.2 Å². The smallest absolute Gasteiger partial charge is 0.158 e. The fourth-order valence-corrected chi connectivity index (χ4v) is 2.17. The molecule has 3 heteroatoms. The molecule has 3 atom stereocenters. The molecule has 0 amide bonds. The van der Waals surface area contributed by atoms with E-state index in [2.05, 4.69) is 0 Å². The summed E-state index contributed by atoms with van der Waals surface area (Å²) in [6.07, 6.45) is 5.69. The fraction of sp³-hybridized carbons (Fsp3) is 0.700. The summed E-state index contributed by atoms with van der Waals surface area (Å²) in [7, 11) is 1.61. The third kappa shape index (κ3) is 1.67. The molecule has 1 fully saturated rings. The summed E-state index contributed by atoms with van der Waals surface area (Å²) in [6, 6.07) is 0. The van der Waals surface area contributed by atoms with Crippen LogP contribution in [-0.4, -0.2) is 25.8 Å². The summed E-state index contributed by atoms with van der Waals surface area (Å²) in [4.78, 5) is 11.3. The number of carbonyl (C=O) groups is 1. The largest absolute Gasteiger partial charge is 0.359 e. The molecule has 0 aromatic heterocycles. The van der Waals surface area contributed by atoms with Gasteiger partial charge in [-0.15, -0.1) is 0 Å². The minimum atomic E-state index is 0.188. The van der Waals surface area contributed by atoms with Crippen LogP contribution in [0.4, 0.5) is 0 Å². The van der Waals surface area contributed by atoms with Crippen LogP contribution in [-0.2, 0) is 14.3 Å². The van der Waals surface area contributed by atoms with Gasteiger partial charge in [-0.2, -0.15) is 0 Å². The molecule has 2 rings (SSSR count).